The number of hydrogen-bond acceptors (Lipinski definition) is 4. The van der Waals surface area contributed by atoms with Crippen molar-refractivity contribution in [2.45, 2.75) is 39.3 Å². The molecule has 4 rings (SSSR count). The van der Waals surface area contributed by atoms with Gasteiger partial charge < -0.3 is 10.6 Å². The van der Waals surface area contributed by atoms with Crippen LogP contribution >= 0.6 is 0 Å². The second-order valence-corrected chi connectivity index (χ2v) is 6.96. The molecule has 3 aromatic rings. The zero-order valence-electron chi connectivity index (χ0n) is 15.6. The second kappa shape index (κ2) is 7.32. The zero-order valence-corrected chi connectivity index (χ0v) is 15.6. The molecule has 0 fully saturated rings. The predicted molar refractivity (Wildman–Crippen MR) is 105 cm³/mol. The van der Waals surface area contributed by atoms with E-state index in [4.69, 9.17) is 0 Å². The summed E-state index contributed by atoms with van der Waals surface area (Å²) in [6.07, 6.45) is 6.97. The third kappa shape index (κ3) is 3.75. The van der Waals surface area contributed by atoms with Gasteiger partial charge in [-0.1, -0.05) is 12.1 Å². The van der Waals surface area contributed by atoms with Crippen molar-refractivity contribution < 1.29 is 4.79 Å². The first-order chi connectivity index (χ1) is 13.1. The van der Waals surface area contributed by atoms with Crippen LogP contribution in [0.2, 0.25) is 0 Å². The first kappa shape index (κ1) is 17.4. The number of anilines is 1. The number of hydrogen-bond donors (Lipinski definition) is 2. The molecule has 27 heavy (non-hydrogen) atoms. The Morgan fingerprint density at radius 1 is 1.22 bits per heavy atom. The Labute approximate surface area is 158 Å². The number of rotatable bonds is 5. The van der Waals surface area contributed by atoms with Crippen LogP contribution in [0, 0.1) is 6.92 Å². The van der Waals surface area contributed by atoms with Crippen LogP contribution in [0.15, 0.2) is 48.9 Å². The van der Waals surface area contributed by atoms with Gasteiger partial charge in [0.2, 0.25) is 5.91 Å². The molecule has 1 amide bonds. The highest BCUT2D eigenvalue weighted by Crippen LogP contribution is 2.26. The Morgan fingerprint density at radius 3 is 2.85 bits per heavy atom. The summed E-state index contributed by atoms with van der Waals surface area (Å²) in [6, 6.07) is 10.4. The van der Waals surface area contributed by atoms with E-state index in [9.17, 15) is 4.79 Å². The monoisotopic (exact) mass is 361 g/mol. The number of carbonyl (C=O) groups is 1. The summed E-state index contributed by atoms with van der Waals surface area (Å²) in [4.78, 5) is 15.6. The van der Waals surface area contributed by atoms with E-state index in [-0.39, 0.29) is 11.9 Å². The largest absolute Gasteiger partial charge is 0.326 e. The van der Waals surface area contributed by atoms with Gasteiger partial charge in [-0.2, -0.15) is 5.10 Å². The lowest BCUT2D eigenvalue weighted by Gasteiger charge is -2.20. The van der Waals surface area contributed by atoms with Crippen LogP contribution in [0.3, 0.4) is 0 Å². The molecule has 1 atom stereocenters. The Morgan fingerprint density at radius 2 is 2.04 bits per heavy atom. The molecule has 0 aliphatic carbocycles. The van der Waals surface area contributed by atoms with Crippen molar-refractivity contribution in [3.63, 3.8) is 0 Å². The molecular formula is C21H23N5O. The summed E-state index contributed by atoms with van der Waals surface area (Å²) in [7, 11) is 0. The van der Waals surface area contributed by atoms with Gasteiger partial charge in [0.15, 0.2) is 0 Å². The third-order valence-corrected chi connectivity index (χ3v) is 5.05. The lowest BCUT2D eigenvalue weighted by Crippen LogP contribution is -2.21. The van der Waals surface area contributed by atoms with E-state index in [0.29, 0.717) is 6.42 Å². The number of pyridine rings is 1. The summed E-state index contributed by atoms with van der Waals surface area (Å²) < 4.78 is 1.89. The quantitative estimate of drug-likeness (QED) is 0.731. The smallest absolute Gasteiger partial charge is 0.224 e. The van der Waals surface area contributed by atoms with E-state index in [1.165, 1.54) is 16.7 Å². The number of aromatic nitrogens is 3. The number of fused-ring (bicyclic) bond motifs is 1. The number of amides is 1. The summed E-state index contributed by atoms with van der Waals surface area (Å²) in [5, 5.41) is 11.1. The Bertz CT molecular complexity index is 964. The molecule has 0 radical (unpaired) electrons. The molecule has 1 aliphatic heterocycles. The molecule has 2 aromatic heterocycles. The Hall–Kier alpha value is -2.99. The van der Waals surface area contributed by atoms with Crippen LogP contribution in [0.5, 0.6) is 0 Å². The fourth-order valence-electron chi connectivity index (χ4n) is 3.35. The molecule has 6 nitrogen and oxygen atoms in total. The van der Waals surface area contributed by atoms with Gasteiger partial charge in [-0.15, -0.1) is 0 Å². The maximum Gasteiger partial charge on any atom is 0.224 e. The summed E-state index contributed by atoms with van der Waals surface area (Å²) in [5.74, 6) is 0.100. The van der Waals surface area contributed by atoms with E-state index in [0.717, 1.165) is 30.0 Å². The first-order valence-corrected chi connectivity index (χ1v) is 9.22. The van der Waals surface area contributed by atoms with E-state index < -0.39 is 0 Å². The number of carbonyl (C=O) groups excluding carboxylic acids is 1. The Kier molecular flexibility index (Phi) is 4.73. The fraction of sp³-hybridized carbons (Fsp3) is 0.286. The van der Waals surface area contributed by atoms with E-state index >= 15 is 0 Å². The maximum absolute atomic E-state index is 11.5. The number of nitrogens with zero attached hydrogens (tertiary/aromatic N) is 3. The van der Waals surface area contributed by atoms with E-state index in [1.54, 1.807) is 12.4 Å². The van der Waals surface area contributed by atoms with Gasteiger partial charge in [-0.25, -0.2) is 4.68 Å². The Balaban J connectivity index is 1.45. The maximum atomic E-state index is 11.5. The van der Waals surface area contributed by atoms with Crippen LogP contribution in [0.4, 0.5) is 5.69 Å². The van der Waals surface area contributed by atoms with Gasteiger partial charge >= 0.3 is 0 Å². The third-order valence-electron chi connectivity index (χ3n) is 5.05. The lowest BCUT2D eigenvalue weighted by molar-refractivity contribution is -0.116. The average molecular weight is 361 g/mol. The molecule has 1 aromatic carbocycles. The van der Waals surface area contributed by atoms with Crippen molar-refractivity contribution in [3.8, 4) is 5.69 Å². The van der Waals surface area contributed by atoms with Gasteiger partial charge in [0.05, 0.1) is 11.4 Å². The topological polar surface area (TPSA) is 71.8 Å². The van der Waals surface area contributed by atoms with Crippen molar-refractivity contribution in [3.05, 3.63) is 71.3 Å². The van der Waals surface area contributed by atoms with Crippen LogP contribution in [0.25, 0.3) is 5.69 Å². The number of aryl methyl sites for hydroxylation is 2. The minimum atomic E-state index is 0.100. The molecule has 3 heterocycles. The molecule has 2 N–H and O–H groups in total. The number of benzene rings is 1. The molecular weight excluding hydrogens is 338 g/mol. The SMILES string of the molecule is Cc1nn(-c2ccncc2)cc1CNC(C)c1ccc2c(c1)CCC(=O)N2. The number of nitrogens with one attached hydrogen (secondary N) is 2. The fourth-order valence-corrected chi connectivity index (χ4v) is 3.35. The van der Waals surface area contributed by atoms with Crippen LogP contribution in [0.1, 0.15) is 41.8 Å². The molecule has 6 heteroatoms. The van der Waals surface area contributed by atoms with Crippen molar-refractivity contribution in [1.82, 2.24) is 20.1 Å². The highest BCUT2D eigenvalue weighted by molar-refractivity contribution is 5.93. The first-order valence-electron chi connectivity index (χ1n) is 9.22. The van der Waals surface area contributed by atoms with Gasteiger partial charge in [-0.05, 0) is 49.6 Å². The zero-order chi connectivity index (χ0) is 18.8. The van der Waals surface area contributed by atoms with Crippen molar-refractivity contribution >= 4 is 11.6 Å². The van der Waals surface area contributed by atoms with E-state index in [1.807, 2.05) is 29.8 Å². The molecule has 138 valence electrons. The van der Waals surface area contributed by atoms with Gasteiger partial charge in [0, 0.05) is 48.8 Å². The van der Waals surface area contributed by atoms with Crippen LogP contribution in [-0.4, -0.2) is 20.7 Å². The van der Waals surface area contributed by atoms with Gasteiger partial charge in [-0.3, -0.25) is 9.78 Å². The van der Waals surface area contributed by atoms with Crippen LogP contribution < -0.4 is 10.6 Å². The minimum Gasteiger partial charge on any atom is -0.326 e. The molecule has 1 unspecified atom stereocenters. The van der Waals surface area contributed by atoms with E-state index in [2.05, 4.69) is 46.0 Å². The minimum absolute atomic E-state index is 0.100. The second-order valence-electron chi connectivity index (χ2n) is 6.96. The standard InChI is InChI=1S/C21H23N5O/c1-14(16-3-5-20-17(11-16)4-6-21(27)24-20)23-12-18-13-26(25-15(18)2)19-7-9-22-10-8-19/h3,5,7-11,13-14,23H,4,6,12H2,1-2H3,(H,24,27). The lowest BCUT2D eigenvalue weighted by atomic mass is 9.97. The highest BCUT2D eigenvalue weighted by Gasteiger charge is 2.16. The van der Waals surface area contributed by atoms with Crippen molar-refractivity contribution in [2.75, 3.05) is 5.32 Å². The molecule has 1 aliphatic rings. The normalized spacial score (nSPS) is 14.5. The molecule has 0 bridgehead atoms. The average Bonchev–Trinajstić information content (AvgIpc) is 3.07. The molecule has 0 saturated heterocycles. The summed E-state index contributed by atoms with van der Waals surface area (Å²) in [5.41, 5.74) is 6.57. The van der Waals surface area contributed by atoms with Crippen LogP contribution in [-0.2, 0) is 17.8 Å². The molecule has 0 spiro atoms. The van der Waals surface area contributed by atoms with Gasteiger partial charge in [0.25, 0.3) is 0 Å². The molecule has 0 saturated carbocycles. The summed E-state index contributed by atoms with van der Waals surface area (Å²) >= 11 is 0. The van der Waals surface area contributed by atoms with Crippen molar-refractivity contribution in [2.24, 2.45) is 0 Å². The van der Waals surface area contributed by atoms with Crippen molar-refractivity contribution in [1.29, 1.82) is 0 Å². The van der Waals surface area contributed by atoms with Gasteiger partial charge in [0.1, 0.15) is 0 Å². The highest BCUT2D eigenvalue weighted by atomic mass is 16.1. The predicted octanol–water partition coefficient (Wildman–Crippen LogP) is 3.31. The summed E-state index contributed by atoms with van der Waals surface area (Å²) in [6.45, 7) is 4.93.